The number of carbonyl (C=O) groups excluding carboxylic acids is 3. The molecule has 1 heterocycles. The number of hydrogen-bond donors (Lipinski definition) is 1. The molecule has 9 nitrogen and oxygen atoms in total. The van der Waals surface area contributed by atoms with Crippen molar-refractivity contribution < 1.29 is 31.4 Å². The van der Waals surface area contributed by atoms with Gasteiger partial charge in [0.25, 0.3) is 5.91 Å². The van der Waals surface area contributed by atoms with Gasteiger partial charge in [-0.05, 0) is 51.3 Å². The summed E-state index contributed by atoms with van der Waals surface area (Å²) in [4.78, 5) is 43.1. The molecule has 11 heteroatoms. The van der Waals surface area contributed by atoms with Crippen molar-refractivity contribution in [2.24, 2.45) is 0 Å². The summed E-state index contributed by atoms with van der Waals surface area (Å²) in [5.74, 6) is -2.07. The summed E-state index contributed by atoms with van der Waals surface area (Å²) in [6, 6.07) is 14.9. The predicted molar refractivity (Wildman–Crippen MR) is 137 cm³/mol. The van der Waals surface area contributed by atoms with Gasteiger partial charge < -0.3 is 10.1 Å². The number of para-hydroxylation sites is 1. The molecule has 0 spiro atoms. The molecule has 2 aromatic carbocycles. The fraction of sp³-hybridized carbons (Fsp3) is 0.423. The fourth-order valence-corrected chi connectivity index (χ4v) is 4.51. The Kier molecular flexibility index (Phi) is 8.90. The predicted octanol–water partition coefficient (Wildman–Crippen LogP) is 3.58. The number of ether oxygens (including phenoxy) is 1. The van der Waals surface area contributed by atoms with Crippen molar-refractivity contribution in [3.8, 4) is 0 Å². The molecule has 200 valence electrons. The zero-order valence-corrected chi connectivity index (χ0v) is 21.9. The molecule has 1 N–H and O–H groups in total. The average Bonchev–Trinajstić information content (AvgIpc) is 3.31. The summed E-state index contributed by atoms with van der Waals surface area (Å²) in [5.41, 5.74) is 0.114. The largest absolute Gasteiger partial charge is 0.444 e. The van der Waals surface area contributed by atoms with Crippen LogP contribution in [-0.2, 0) is 24.5 Å². The third-order valence-electron chi connectivity index (χ3n) is 5.70. The minimum absolute atomic E-state index is 0.324. The zero-order chi connectivity index (χ0) is 27.2. The Labute approximate surface area is 216 Å². The van der Waals surface area contributed by atoms with E-state index in [1.54, 1.807) is 81.4 Å². The number of carbonyl (C=O) groups is 3. The molecule has 1 fully saturated rings. The molecular weight excluding hydrogens is 501 g/mol. The first-order valence-corrected chi connectivity index (χ1v) is 13.6. The Hall–Kier alpha value is -3.47. The third-order valence-corrected chi connectivity index (χ3v) is 6.40. The lowest BCUT2D eigenvalue weighted by Crippen LogP contribution is -2.53. The van der Waals surface area contributed by atoms with Crippen molar-refractivity contribution in [2.45, 2.75) is 51.3 Å². The number of likely N-dealkylation sites (tertiary alicyclic amines) is 1. The maximum atomic E-state index is 14.1. The van der Waals surface area contributed by atoms with E-state index in [9.17, 15) is 26.7 Å². The summed E-state index contributed by atoms with van der Waals surface area (Å²) in [5, 5.41) is 2.44. The van der Waals surface area contributed by atoms with Crippen LogP contribution in [0, 0.1) is 0 Å². The Morgan fingerprint density at radius 2 is 1.68 bits per heavy atom. The van der Waals surface area contributed by atoms with Crippen molar-refractivity contribution in [1.29, 1.82) is 0 Å². The summed E-state index contributed by atoms with van der Waals surface area (Å²) in [7, 11) is -4.80. The minimum Gasteiger partial charge on any atom is -0.444 e. The van der Waals surface area contributed by atoms with Gasteiger partial charge in [-0.15, -0.1) is 3.89 Å². The van der Waals surface area contributed by atoms with E-state index in [0.29, 0.717) is 30.6 Å². The normalized spacial score (nSPS) is 16.6. The van der Waals surface area contributed by atoms with Gasteiger partial charge in [0.05, 0.1) is 5.75 Å². The Morgan fingerprint density at radius 3 is 2.24 bits per heavy atom. The summed E-state index contributed by atoms with van der Waals surface area (Å²) in [6.07, 6.45) is 0.338. The van der Waals surface area contributed by atoms with Crippen LogP contribution in [0.3, 0.4) is 0 Å². The maximum Gasteiger partial charge on any atom is 0.410 e. The van der Waals surface area contributed by atoms with Gasteiger partial charge in [-0.2, -0.15) is 8.42 Å². The molecule has 3 amide bonds. The average molecular weight is 534 g/mol. The number of nitrogens with zero attached hydrogens (tertiary/aromatic N) is 2. The topological polar surface area (TPSA) is 113 Å². The van der Waals surface area contributed by atoms with Gasteiger partial charge in [-0.3, -0.25) is 19.4 Å². The Balaban J connectivity index is 2.02. The highest BCUT2D eigenvalue weighted by molar-refractivity contribution is 7.86. The second-order valence-corrected chi connectivity index (χ2v) is 11.2. The van der Waals surface area contributed by atoms with Crippen LogP contribution in [-0.4, -0.2) is 61.7 Å². The lowest BCUT2D eigenvalue weighted by molar-refractivity contribution is -0.128. The quantitative estimate of drug-likeness (QED) is 0.519. The number of rotatable bonds is 8. The first-order chi connectivity index (χ1) is 17.4. The summed E-state index contributed by atoms with van der Waals surface area (Å²) >= 11 is 0. The number of nitrogens with one attached hydrogen (secondary N) is 1. The van der Waals surface area contributed by atoms with Crippen LogP contribution >= 0.6 is 0 Å². The second-order valence-electron chi connectivity index (χ2n) is 9.72. The van der Waals surface area contributed by atoms with Gasteiger partial charge in [0, 0.05) is 18.8 Å². The van der Waals surface area contributed by atoms with E-state index in [0.717, 1.165) is 0 Å². The zero-order valence-electron chi connectivity index (χ0n) is 21.1. The van der Waals surface area contributed by atoms with Gasteiger partial charge in [0.1, 0.15) is 17.7 Å². The smallest absolute Gasteiger partial charge is 0.410 e. The molecule has 1 saturated heterocycles. The molecule has 1 unspecified atom stereocenters. The van der Waals surface area contributed by atoms with Crippen LogP contribution in [0.5, 0.6) is 0 Å². The molecule has 1 aliphatic heterocycles. The minimum atomic E-state index is -4.80. The van der Waals surface area contributed by atoms with Gasteiger partial charge >= 0.3 is 16.3 Å². The molecule has 0 radical (unpaired) electrons. The van der Waals surface area contributed by atoms with Crippen LogP contribution in [0.2, 0.25) is 0 Å². The van der Waals surface area contributed by atoms with Gasteiger partial charge in [0.2, 0.25) is 5.91 Å². The molecule has 1 aliphatic rings. The number of halogens is 1. The molecule has 0 bridgehead atoms. The van der Waals surface area contributed by atoms with E-state index in [4.69, 9.17) is 4.74 Å². The van der Waals surface area contributed by atoms with Crippen molar-refractivity contribution in [3.05, 3.63) is 66.2 Å². The molecule has 3 rings (SSSR count). The van der Waals surface area contributed by atoms with E-state index < -0.39 is 58.1 Å². The first kappa shape index (κ1) is 28.1. The van der Waals surface area contributed by atoms with Gasteiger partial charge in [0.15, 0.2) is 0 Å². The summed E-state index contributed by atoms with van der Waals surface area (Å²) < 4.78 is 40.5. The van der Waals surface area contributed by atoms with Gasteiger partial charge in [-0.1, -0.05) is 48.5 Å². The number of amides is 3. The van der Waals surface area contributed by atoms with E-state index in [1.165, 1.54) is 9.80 Å². The van der Waals surface area contributed by atoms with Crippen LogP contribution in [0.15, 0.2) is 60.7 Å². The van der Waals surface area contributed by atoms with E-state index in [1.807, 2.05) is 0 Å². The highest BCUT2D eigenvalue weighted by atomic mass is 32.3. The molecule has 0 aromatic heterocycles. The van der Waals surface area contributed by atoms with Crippen LogP contribution in [0.4, 0.5) is 14.4 Å². The standard InChI is InChI=1S/C26H32FN3O6S/c1-26(2,3)36-25(33)29-17-10-15-21(29)24(32)30(20-13-8-5-9-14-20)22(19-11-6-4-7-12-19)23(31)28-16-18-37(27,34)35/h4-9,11-14,21-22H,10,15-18H2,1-3H3,(H,28,31)/t21-,22?/m0/s1. The van der Waals surface area contributed by atoms with Crippen LogP contribution in [0.25, 0.3) is 0 Å². The molecular formula is C26H32FN3O6S. The van der Waals surface area contributed by atoms with E-state index >= 15 is 0 Å². The third kappa shape index (κ3) is 7.75. The number of hydrogen-bond acceptors (Lipinski definition) is 6. The first-order valence-electron chi connectivity index (χ1n) is 12.0. The Morgan fingerprint density at radius 1 is 1.08 bits per heavy atom. The fourth-order valence-electron chi connectivity index (χ4n) is 4.16. The number of benzene rings is 2. The molecule has 2 aromatic rings. The van der Waals surface area contributed by atoms with Crippen molar-refractivity contribution in [3.63, 3.8) is 0 Å². The highest BCUT2D eigenvalue weighted by Crippen LogP contribution is 2.32. The van der Waals surface area contributed by atoms with Crippen LogP contribution < -0.4 is 10.2 Å². The van der Waals surface area contributed by atoms with Crippen molar-refractivity contribution in [2.75, 3.05) is 23.7 Å². The highest BCUT2D eigenvalue weighted by Gasteiger charge is 2.42. The van der Waals surface area contributed by atoms with Crippen molar-refractivity contribution >= 4 is 33.8 Å². The SMILES string of the molecule is CC(C)(C)OC(=O)N1CCC[C@H]1C(=O)N(c1ccccc1)C(C(=O)NCCS(=O)(=O)F)c1ccccc1. The lowest BCUT2D eigenvalue weighted by atomic mass is 10.0. The molecule has 0 aliphatic carbocycles. The Bertz CT molecular complexity index is 1200. The number of anilines is 1. The second kappa shape index (κ2) is 11.7. The lowest BCUT2D eigenvalue weighted by Gasteiger charge is -2.36. The monoisotopic (exact) mass is 533 g/mol. The molecule has 0 saturated carbocycles. The summed E-state index contributed by atoms with van der Waals surface area (Å²) in [6.45, 7) is 5.07. The van der Waals surface area contributed by atoms with Crippen LogP contribution in [0.1, 0.15) is 45.2 Å². The molecule has 37 heavy (non-hydrogen) atoms. The van der Waals surface area contributed by atoms with E-state index in [2.05, 4.69) is 5.32 Å². The maximum absolute atomic E-state index is 14.1. The van der Waals surface area contributed by atoms with Crippen molar-refractivity contribution in [1.82, 2.24) is 10.2 Å². The van der Waals surface area contributed by atoms with Gasteiger partial charge in [-0.25, -0.2) is 4.79 Å². The van der Waals surface area contributed by atoms with E-state index in [-0.39, 0.29) is 0 Å². The molecule has 2 atom stereocenters.